The molecule has 164 valence electrons. The van der Waals surface area contributed by atoms with Crippen LogP contribution in [-0.4, -0.2) is 23.1 Å². The van der Waals surface area contributed by atoms with Gasteiger partial charge in [0, 0.05) is 41.1 Å². The molecule has 1 aromatic heterocycles. The van der Waals surface area contributed by atoms with E-state index in [2.05, 4.69) is 20.6 Å². The van der Waals surface area contributed by atoms with Crippen LogP contribution in [0.25, 0.3) is 11.4 Å². The van der Waals surface area contributed by atoms with Crippen molar-refractivity contribution in [3.63, 3.8) is 0 Å². The summed E-state index contributed by atoms with van der Waals surface area (Å²) in [5.41, 5.74) is 12.5. The lowest BCUT2D eigenvalue weighted by molar-refractivity contribution is -0.137. The Morgan fingerprint density at radius 3 is 2.48 bits per heavy atom. The Balaban J connectivity index is 1.75. The molecule has 0 bridgehead atoms. The van der Waals surface area contributed by atoms with Gasteiger partial charge in [-0.05, 0) is 24.3 Å². The van der Waals surface area contributed by atoms with Crippen molar-refractivity contribution in [2.75, 3.05) is 24.1 Å². The van der Waals surface area contributed by atoms with Crippen LogP contribution in [0.1, 0.15) is 17.3 Å². The van der Waals surface area contributed by atoms with Crippen LogP contribution < -0.4 is 22.1 Å². The number of para-hydroxylation sites is 1. The van der Waals surface area contributed by atoms with E-state index in [1.165, 1.54) is 6.07 Å². The van der Waals surface area contributed by atoms with Gasteiger partial charge in [-0.2, -0.15) is 13.2 Å². The van der Waals surface area contributed by atoms with Gasteiger partial charge in [-0.1, -0.05) is 41.4 Å². The number of hydrogen-bond acceptors (Lipinski definition) is 6. The molecule has 1 atom stereocenters. The molecule has 0 fully saturated rings. The Morgan fingerprint density at radius 2 is 1.81 bits per heavy atom. The van der Waals surface area contributed by atoms with E-state index in [4.69, 9.17) is 34.7 Å². The van der Waals surface area contributed by atoms with Crippen molar-refractivity contribution in [3.05, 3.63) is 69.8 Å². The quantitative estimate of drug-likeness (QED) is 0.226. The van der Waals surface area contributed by atoms with Crippen molar-refractivity contribution in [2.45, 2.75) is 12.3 Å². The van der Waals surface area contributed by atoms with E-state index in [0.717, 1.165) is 6.20 Å². The second kappa shape index (κ2) is 9.69. The SMILES string of the molecule is Nc1ccccc1C(N)NCCNc1nc(-c2ccc(Cl)cc2Cl)ncc1C(F)(F)F. The number of alkyl halides is 3. The van der Waals surface area contributed by atoms with E-state index in [9.17, 15) is 13.2 Å². The minimum Gasteiger partial charge on any atom is -0.398 e. The van der Waals surface area contributed by atoms with E-state index in [1.807, 2.05) is 0 Å². The lowest BCUT2D eigenvalue weighted by atomic mass is 10.1. The molecule has 2 aromatic carbocycles. The third kappa shape index (κ3) is 5.76. The van der Waals surface area contributed by atoms with Crippen LogP contribution >= 0.6 is 23.2 Å². The topological polar surface area (TPSA) is 102 Å². The standard InChI is InChI=1S/C20H19Cl2F3N6/c21-11-5-6-12(15(22)9-11)18-30-10-14(20(23,24)25)19(31-18)29-8-7-28-17(27)13-3-1-2-4-16(13)26/h1-6,9-10,17,28H,7-8,26-27H2,(H,29,30,31). The van der Waals surface area contributed by atoms with E-state index in [-0.39, 0.29) is 29.8 Å². The monoisotopic (exact) mass is 470 g/mol. The van der Waals surface area contributed by atoms with Crippen LogP contribution in [0.3, 0.4) is 0 Å². The molecule has 0 saturated carbocycles. The van der Waals surface area contributed by atoms with Crippen LogP contribution in [-0.2, 0) is 6.18 Å². The second-order valence-corrected chi connectivity index (χ2v) is 7.41. The van der Waals surface area contributed by atoms with Gasteiger partial charge in [0.1, 0.15) is 11.4 Å². The molecule has 31 heavy (non-hydrogen) atoms. The van der Waals surface area contributed by atoms with Crippen molar-refractivity contribution in [2.24, 2.45) is 5.73 Å². The third-order valence-electron chi connectivity index (χ3n) is 4.38. The molecule has 1 heterocycles. The Kier molecular flexibility index (Phi) is 7.22. The summed E-state index contributed by atoms with van der Waals surface area (Å²) >= 11 is 12.0. The number of nitrogens with two attached hydrogens (primary N) is 2. The Bertz CT molecular complexity index is 1060. The van der Waals surface area contributed by atoms with Gasteiger partial charge in [-0.3, -0.25) is 5.32 Å². The summed E-state index contributed by atoms with van der Waals surface area (Å²) < 4.78 is 40.2. The van der Waals surface area contributed by atoms with Crippen molar-refractivity contribution in [1.82, 2.24) is 15.3 Å². The number of rotatable bonds is 7. The normalized spacial score (nSPS) is 12.6. The number of halogens is 5. The molecular formula is C20H19Cl2F3N6. The molecule has 11 heteroatoms. The largest absolute Gasteiger partial charge is 0.421 e. The average molecular weight is 471 g/mol. The number of aromatic nitrogens is 2. The molecule has 0 aliphatic heterocycles. The lowest BCUT2D eigenvalue weighted by Crippen LogP contribution is -2.33. The lowest BCUT2D eigenvalue weighted by Gasteiger charge is -2.18. The van der Waals surface area contributed by atoms with E-state index in [1.54, 1.807) is 36.4 Å². The number of nitrogens with zero attached hydrogens (tertiary/aromatic N) is 2. The summed E-state index contributed by atoms with van der Waals surface area (Å²) in [6, 6.07) is 11.6. The van der Waals surface area contributed by atoms with Gasteiger partial charge >= 0.3 is 6.18 Å². The zero-order valence-corrected chi connectivity index (χ0v) is 17.6. The molecule has 0 radical (unpaired) electrons. The number of benzene rings is 2. The molecular weight excluding hydrogens is 452 g/mol. The first-order chi connectivity index (χ1) is 14.7. The summed E-state index contributed by atoms with van der Waals surface area (Å²) in [6.07, 6.45) is -4.48. The van der Waals surface area contributed by atoms with Gasteiger partial charge in [0.25, 0.3) is 0 Å². The third-order valence-corrected chi connectivity index (χ3v) is 4.93. The molecule has 6 nitrogen and oxygen atoms in total. The zero-order chi connectivity index (χ0) is 22.6. The van der Waals surface area contributed by atoms with Crippen LogP contribution in [0.4, 0.5) is 24.7 Å². The molecule has 3 rings (SSSR count). The highest BCUT2D eigenvalue weighted by Crippen LogP contribution is 2.35. The number of hydrogen-bond donors (Lipinski definition) is 4. The predicted octanol–water partition coefficient (Wildman–Crippen LogP) is 4.71. The predicted molar refractivity (Wildman–Crippen MR) is 117 cm³/mol. The summed E-state index contributed by atoms with van der Waals surface area (Å²) in [7, 11) is 0. The van der Waals surface area contributed by atoms with Crippen LogP contribution in [0, 0.1) is 0 Å². The second-order valence-electron chi connectivity index (χ2n) is 6.57. The first-order valence-corrected chi connectivity index (χ1v) is 9.89. The first kappa shape index (κ1) is 23.1. The van der Waals surface area contributed by atoms with E-state index >= 15 is 0 Å². The van der Waals surface area contributed by atoms with Crippen molar-refractivity contribution in [3.8, 4) is 11.4 Å². The molecule has 0 aliphatic carbocycles. The minimum atomic E-state index is -4.63. The van der Waals surface area contributed by atoms with Gasteiger partial charge in [-0.15, -0.1) is 0 Å². The fraction of sp³-hybridized carbons (Fsp3) is 0.200. The molecule has 0 amide bonds. The van der Waals surface area contributed by atoms with Crippen molar-refractivity contribution >= 4 is 34.7 Å². The van der Waals surface area contributed by atoms with Crippen LogP contribution in [0.2, 0.25) is 10.0 Å². The van der Waals surface area contributed by atoms with Gasteiger partial charge in [0.05, 0.1) is 11.2 Å². The molecule has 0 spiro atoms. The van der Waals surface area contributed by atoms with E-state index in [0.29, 0.717) is 21.8 Å². The Hall–Kier alpha value is -2.59. The van der Waals surface area contributed by atoms with Crippen molar-refractivity contribution < 1.29 is 13.2 Å². The van der Waals surface area contributed by atoms with Crippen LogP contribution in [0.15, 0.2) is 48.7 Å². The maximum absolute atomic E-state index is 13.4. The molecule has 0 saturated heterocycles. The Labute approximate surface area is 186 Å². The summed E-state index contributed by atoms with van der Waals surface area (Å²) in [4.78, 5) is 7.86. The highest BCUT2D eigenvalue weighted by molar-refractivity contribution is 6.36. The Morgan fingerprint density at radius 1 is 1.06 bits per heavy atom. The number of nitrogen functional groups attached to an aromatic ring is 1. The minimum absolute atomic E-state index is 0.0406. The summed E-state index contributed by atoms with van der Waals surface area (Å²) in [5.74, 6) is -0.322. The fourth-order valence-electron chi connectivity index (χ4n) is 2.84. The molecule has 0 aliphatic rings. The average Bonchev–Trinajstić information content (AvgIpc) is 2.70. The van der Waals surface area contributed by atoms with E-state index < -0.39 is 17.9 Å². The van der Waals surface area contributed by atoms with Gasteiger partial charge in [-0.25, -0.2) is 9.97 Å². The number of nitrogens with one attached hydrogen (secondary N) is 2. The van der Waals surface area contributed by atoms with Crippen LogP contribution in [0.5, 0.6) is 0 Å². The summed E-state index contributed by atoms with van der Waals surface area (Å²) in [6.45, 7) is 0.377. The molecule has 1 unspecified atom stereocenters. The fourth-order valence-corrected chi connectivity index (χ4v) is 3.33. The number of anilines is 2. The zero-order valence-electron chi connectivity index (χ0n) is 16.0. The smallest absolute Gasteiger partial charge is 0.398 e. The summed E-state index contributed by atoms with van der Waals surface area (Å²) in [5, 5.41) is 6.31. The van der Waals surface area contributed by atoms with Gasteiger partial charge in [0.2, 0.25) is 0 Å². The molecule has 6 N–H and O–H groups in total. The maximum atomic E-state index is 13.4. The van der Waals surface area contributed by atoms with Crippen molar-refractivity contribution in [1.29, 1.82) is 0 Å². The maximum Gasteiger partial charge on any atom is 0.421 e. The molecule has 3 aromatic rings. The highest BCUT2D eigenvalue weighted by Gasteiger charge is 2.35. The van der Waals surface area contributed by atoms with Gasteiger partial charge < -0.3 is 16.8 Å². The van der Waals surface area contributed by atoms with Gasteiger partial charge in [0.15, 0.2) is 5.82 Å². The highest BCUT2D eigenvalue weighted by atomic mass is 35.5. The first-order valence-electron chi connectivity index (χ1n) is 9.13.